The smallest absolute Gasteiger partial charge is 0.280 e. The maximum absolute atomic E-state index is 12.1. The molecule has 66 valence electrons. The van der Waals surface area contributed by atoms with Crippen LogP contribution in [-0.4, -0.2) is 22.7 Å². The third-order valence-electron chi connectivity index (χ3n) is 1.34. The Labute approximate surface area is 72.4 Å². The Morgan fingerprint density at radius 1 is 1.64 bits per heavy atom. The van der Waals surface area contributed by atoms with E-state index in [1.807, 2.05) is 0 Å². The maximum atomic E-state index is 12.1. The summed E-state index contributed by atoms with van der Waals surface area (Å²) in [5.41, 5.74) is -1.29. The van der Waals surface area contributed by atoms with Crippen molar-refractivity contribution in [1.29, 1.82) is 0 Å². The molecule has 0 amide bonds. The van der Waals surface area contributed by atoms with Gasteiger partial charge in [0, 0.05) is 10.7 Å². The van der Waals surface area contributed by atoms with Crippen LogP contribution in [0.3, 0.4) is 0 Å². The first-order valence-electron chi connectivity index (χ1n) is 3.02. The van der Waals surface area contributed by atoms with Gasteiger partial charge in [0.15, 0.2) is 0 Å². The molecule has 0 radical (unpaired) electrons. The summed E-state index contributed by atoms with van der Waals surface area (Å²) in [6.07, 6.45) is -2.70. The molecule has 0 atom stereocenters. The number of hydrogen-bond acceptors (Lipinski definition) is 2. The van der Waals surface area contributed by atoms with Crippen LogP contribution >= 0.6 is 15.9 Å². The number of oxime groups is 1. The molecule has 0 spiro atoms. The Balaban J connectivity index is 4.52. The summed E-state index contributed by atoms with van der Waals surface area (Å²) in [6.45, 7) is 3.14. The van der Waals surface area contributed by atoms with Crippen molar-refractivity contribution in [2.24, 2.45) is 10.6 Å². The van der Waals surface area contributed by atoms with E-state index in [2.05, 4.69) is 21.1 Å². The molecule has 1 N–H and O–H groups in total. The van der Waals surface area contributed by atoms with Gasteiger partial charge < -0.3 is 5.21 Å². The zero-order valence-corrected chi connectivity index (χ0v) is 7.90. The van der Waals surface area contributed by atoms with Crippen LogP contribution in [-0.2, 0) is 0 Å². The zero-order valence-electron chi connectivity index (χ0n) is 6.31. The summed E-state index contributed by atoms with van der Waals surface area (Å²) in [4.78, 5) is 0. The number of alkyl halides is 3. The van der Waals surface area contributed by atoms with Gasteiger partial charge in [-0.2, -0.15) is 0 Å². The number of halogens is 3. The second-order valence-electron chi connectivity index (χ2n) is 2.80. The fraction of sp³-hybridized carbons (Fsp3) is 0.833. The van der Waals surface area contributed by atoms with E-state index >= 15 is 0 Å². The summed E-state index contributed by atoms with van der Waals surface area (Å²) >= 11 is 3.06. The standard InChI is InChI=1S/C6H10BrF2NO/c1-6(2,3-7)4(10-11)5(8)9/h5,11H,3H2,1-2H3/b10-4-. The lowest BCUT2D eigenvalue weighted by Gasteiger charge is -2.21. The van der Waals surface area contributed by atoms with Crippen molar-refractivity contribution < 1.29 is 14.0 Å². The minimum Gasteiger partial charge on any atom is -0.411 e. The molecule has 0 rings (SSSR count). The molecular formula is C6H10BrF2NO. The predicted octanol–water partition coefficient (Wildman–Crippen LogP) is 2.50. The molecule has 0 aliphatic carbocycles. The summed E-state index contributed by atoms with van der Waals surface area (Å²) < 4.78 is 24.1. The lowest BCUT2D eigenvalue weighted by molar-refractivity contribution is 0.199. The van der Waals surface area contributed by atoms with Gasteiger partial charge in [-0.3, -0.25) is 0 Å². The van der Waals surface area contributed by atoms with E-state index in [-0.39, 0.29) is 0 Å². The molecule has 5 heteroatoms. The first-order valence-corrected chi connectivity index (χ1v) is 4.14. The molecule has 0 saturated heterocycles. The number of rotatable bonds is 3. The number of hydrogen-bond donors (Lipinski definition) is 1. The summed E-state index contributed by atoms with van der Waals surface area (Å²) in [7, 11) is 0. The molecule has 0 aromatic heterocycles. The quantitative estimate of drug-likeness (QED) is 0.343. The van der Waals surface area contributed by atoms with Crippen LogP contribution in [0.2, 0.25) is 0 Å². The molecule has 0 unspecified atom stereocenters. The van der Waals surface area contributed by atoms with Crippen LogP contribution in [0.5, 0.6) is 0 Å². The average molecular weight is 230 g/mol. The fourth-order valence-electron chi connectivity index (χ4n) is 0.543. The van der Waals surface area contributed by atoms with E-state index in [0.717, 1.165) is 0 Å². The molecule has 0 saturated carbocycles. The van der Waals surface area contributed by atoms with Crippen molar-refractivity contribution in [3.8, 4) is 0 Å². The van der Waals surface area contributed by atoms with E-state index in [1.54, 1.807) is 13.8 Å². The lowest BCUT2D eigenvalue weighted by Crippen LogP contribution is -2.31. The second kappa shape index (κ2) is 3.99. The van der Waals surface area contributed by atoms with Crippen molar-refractivity contribution in [2.75, 3.05) is 5.33 Å². The van der Waals surface area contributed by atoms with Crippen LogP contribution in [0.15, 0.2) is 5.16 Å². The summed E-state index contributed by atoms with van der Waals surface area (Å²) in [5, 5.41) is 11.2. The second-order valence-corrected chi connectivity index (χ2v) is 3.36. The molecule has 0 bridgehead atoms. The normalized spacial score (nSPS) is 14.2. The topological polar surface area (TPSA) is 32.6 Å². The van der Waals surface area contributed by atoms with Crippen molar-refractivity contribution in [3.05, 3.63) is 0 Å². The SMILES string of the molecule is CC(C)(CBr)/C(=N\O)C(F)F. The third kappa shape index (κ3) is 2.73. The number of nitrogens with zero attached hydrogens (tertiary/aromatic N) is 1. The largest absolute Gasteiger partial charge is 0.411 e. The minimum absolute atomic E-state index is 0.337. The van der Waals surface area contributed by atoms with Crippen molar-refractivity contribution >= 4 is 21.6 Å². The van der Waals surface area contributed by atoms with Gasteiger partial charge in [-0.05, 0) is 0 Å². The van der Waals surface area contributed by atoms with Crippen LogP contribution in [0.1, 0.15) is 13.8 Å². The van der Waals surface area contributed by atoms with E-state index in [9.17, 15) is 8.78 Å². The van der Waals surface area contributed by atoms with E-state index < -0.39 is 17.6 Å². The van der Waals surface area contributed by atoms with Crippen LogP contribution < -0.4 is 0 Å². The van der Waals surface area contributed by atoms with Gasteiger partial charge >= 0.3 is 0 Å². The Morgan fingerprint density at radius 2 is 2.09 bits per heavy atom. The monoisotopic (exact) mass is 229 g/mol. The zero-order chi connectivity index (χ0) is 9.07. The van der Waals surface area contributed by atoms with Gasteiger partial charge in [-0.15, -0.1) is 0 Å². The van der Waals surface area contributed by atoms with Gasteiger partial charge in [0.25, 0.3) is 6.43 Å². The van der Waals surface area contributed by atoms with Gasteiger partial charge in [0.05, 0.1) is 0 Å². The van der Waals surface area contributed by atoms with Crippen molar-refractivity contribution in [2.45, 2.75) is 20.3 Å². The molecule has 0 aromatic rings. The van der Waals surface area contributed by atoms with Crippen LogP contribution in [0.25, 0.3) is 0 Å². The lowest BCUT2D eigenvalue weighted by atomic mass is 9.90. The average Bonchev–Trinajstić information content (AvgIpc) is 1.88. The third-order valence-corrected chi connectivity index (χ3v) is 2.74. The Kier molecular flexibility index (Phi) is 3.92. The first-order chi connectivity index (χ1) is 4.95. The van der Waals surface area contributed by atoms with Gasteiger partial charge in [0.2, 0.25) is 0 Å². The van der Waals surface area contributed by atoms with E-state index in [0.29, 0.717) is 5.33 Å². The van der Waals surface area contributed by atoms with E-state index in [1.165, 1.54) is 0 Å². The van der Waals surface area contributed by atoms with Crippen LogP contribution in [0.4, 0.5) is 8.78 Å². The van der Waals surface area contributed by atoms with Gasteiger partial charge in [-0.1, -0.05) is 34.9 Å². The summed E-state index contributed by atoms with van der Waals surface area (Å²) in [5.74, 6) is 0. The minimum atomic E-state index is -2.70. The van der Waals surface area contributed by atoms with Gasteiger partial charge in [-0.25, -0.2) is 8.78 Å². The highest BCUT2D eigenvalue weighted by Gasteiger charge is 2.31. The molecule has 0 aliphatic heterocycles. The summed E-state index contributed by atoms with van der Waals surface area (Å²) in [6, 6.07) is 0. The molecule has 2 nitrogen and oxygen atoms in total. The van der Waals surface area contributed by atoms with Gasteiger partial charge in [0.1, 0.15) is 5.71 Å². The molecule has 0 aromatic carbocycles. The fourth-order valence-corrected chi connectivity index (χ4v) is 0.830. The predicted molar refractivity (Wildman–Crippen MR) is 42.8 cm³/mol. The van der Waals surface area contributed by atoms with Crippen LogP contribution in [0, 0.1) is 5.41 Å². The highest BCUT2D eigenvalue weighted by atomic mass is 79.9. The molecule has 0 heterocycles. The molecule has 11 heavy (non-hydrogen) atoms. The highest BCUT2D eigenvalue weighted by molar-refractivity contribution is 9.09. The van der Waals surface area contributed by atoms with Crippen molar-refractivity contribution in [3.63, 3.8) is 0 Å². The Morgan fingerprint density at radius 3 is 2.18 bits per heavy atom. The molecular weight excluding hydrogens is 220 g/mol. The maximum Gasteiger partial charge on any atom is 0.280 e. The first kappa shape index (κ1) is 10.8. The van der Waals surface area contributed by atoms with E-state index in [4.69, 9.17) is 5.21 Å². The Bertz CT molecular complexity index is 159. The molecule has 0 aliphatic rings. The van der Waals surface area contributed by atoms with Crippen molar-refractivity contribution in [1.82, 2.24) is 0 Å². The molecule has 0 fully saturated rings. The highest BCUT2D eigenvalue weighted by Crippen LogP contribution is 2.24. The Hall–Kier alpha value is -0.190.